The van der Waals surface area contributed by atoms with Crippen LogP contribution in [-0.2, 0) is 16.0 Å². The third-order valence-corrected chi connectivity index (χ3v) is 3.74. The molecule has 0 radical (unpaired) electrons. The Morgan fingerprint density at radius 2 is 2.00 bits per heavy atom. The fourth-order valence-electron chi connectivity index (χ4n) is 2.86. The minimum Gasteiger partial charge on any atom is -0.328 e. The Labute approximate surface area is 100 Å². The predicted molar refractivity (Wildman–Crippen MR) is 63.6 cm³/mol. The molecule has 2 aliphatic rings. The average molecular weight is 229 g/mol. The van der Waals surface area contributed by atoms with Gasteiger partial charge in [-0.25, -0.2) is 0 Å². The monoisotopic (exact) mass is 229 g/mol. The van der Waals surface area contributed by atoms with E-state index < -0.39 is 0 Å². The molecule has 88 valence electrons. The highest BCUT2D eigenvalue weighted by Gasteiger charge is 2.38. The zero-order chi connectivity index (χ0) is 12.0. The zero-order valence-electron chi connectivity index (χ0n) is 9.90. The van der Waals surface area contributed by atoms with Gasteiger partial charge in [0.05, 0.1) is 0 Å². The molecule has 1 unspecified atom stereocenters. The molecule has 1 amide bonds. The number of hydrogen-bond donors (Lipinski definition) is 0. The van der Waals surface area contributed by atoms with E-state index in [1.807, 2.05) is 6.92 Å². The van der Waals surface area contributed by atoms with Crippen LogP contribution < -0.4 is 0 Å². The number of rotatable bonds is 0. The SMILES string of the molecule is Cc1ccc2c(c1)C1C(=O)CCC(=O)N1CC2. The van der Waals surface area contributed by atoms with Crippen molar-refractivity contribution in [2.75, 3.05) is 6.54 Å². The van der Waals surface area contributed by atoms with E-state index in [2.05, 4.69) is 18.2 Å². The molecule has 1 atom stereocenters. The number of amides is 1. The highest BCUT2D eigenvalue weighted by molar-refractivity contribution is 5.96. The number of carbonyl (C=O) groups is 2. The molecule has 3 rings (SSSR count). The average Bonchev–Trinajstić information content (AvgIpc) is 2.33. The number of benzene rings is 1. The van der Waals surface area contributed by atoms with E-state index in [9.17, 15) is 9.59 Å². The van der Waals surface area contributed by atoms with Crippen LogP contribution in [0.15, 0.2) is 18.2 Å². The number of Topliss-reactive ketones (excluding diaryl/α,β-unsaturated/α-hetero) is 1. The topological polar surface area (TPSA) is 37.4 Å². The van der Waals surface area contributed by atoms with Crippen molar-refractivity contribution in [3.05, 3.63) is 34.9 Å². The van der Waals surface area contributed by atoms with E-state index >= 15 is 0 Å². The van der Waals surface area contributed by atoms with Crippen LogP contribution in [0.3, 0.4) is 0 Å². The summed E-state index contributed by atoms with van der Waals surface area (Å²) in [4.78, 5) is 25.7. The standard InChI is InChI=1S/C14H15NO2/c1-9-2-3-10-6-7-15-13(17)5-4-12(16)14(15)11(10)8-9/h2-3,8,14H,4-7H2,1H3. The molecule has 0 bridgehead atoms. The normalized spacial score (nSPS) is 23.4. The summed E-state index contributed by atoms with van der Waals surface area (Å²) in [7, 11) is 0. The van der Waals surface area contributed by atoms with Gasteiger partial charge in [0, 0.05) is 19.4 Å². The van der Waals surface area contributed by atoms with Crippen molar-refractivity contribution in [1.82, 2.24) is 4.90 Å². The first-order valence-corrected chi connectivity index (χ1v) is 6.08. The van der Waals surface area contributed by atoms with Gasteiger partial charge < -0.3 is 4.90 Å². The molecular formula is C14H15NO2. The van der Waals surface area contributed by atoms with Crippen molar-refractivity contribution in [3.8, 4) is 0 Å². The summed E-state index contributed by atoms with van der Waals surface area (Å²) in [6.45, 7) is 2.71. The van der Waals surface area contributed by atoms with Gasteiger partial charge in [0.15, 0.2) is 5.78 Å². The van der Waals surface area contributed by atoms with Gasteiger partial charge >= 0.3 is 0 Å². The first kappa shape index (κ1) is 10.5. The Morgan fingerprint density at radius 1 is 1.18 bits per heavy atom. The highest BCUT2D eigenvalue weighted by Crippen LogP contribution is 2.35. The summed E-state index contributed by atoms with van der Waals surface area (Å²) in [6.07, 6.45) is 1.65. The van der Waals surface area contributed by atoms with E-state index in [1.165, 1.54) is 5.56 Å². The highest BCUT2D eigenvalue weighted by atomic mass is 16.2. The van der Waals surface area contributed by atoms with Crippen LogP contribution in [0, 0.1) is 6.92 Å². The maximum atomic E-state index is 12.1. The molecule has 0 spiro atoms. The van der Waals surface area contributed by atoms with Crippen molar-refractivity contribution >= 4 is 11.7 Å². The molecule has 1 fully saturated rings. The number of nitrogens with zero attached hydrogens (tertiary/aromatic N) is 1. The molecule has 0 saturated carbocycles. The van der Waals surface area contributed by atoms with E-state index in [0.29, 0.717) is 19.4 Å². The van der Waals surface area contributed by atoms with Crippen LogP contribution in [0.5, 0.6) is 0 Å². The summed E-state index contributed by atoms with van der Waals surface area (Å²) >= 11 is 0. The summed E-state index contributed by atoms with van der Waals surface area (Å²) in [5, 5.41) is 0. The van der Waals surface area contributed by atoms with E-state index in [4.69, 9.17) is 0 Å². The Morgan fingerprint density at radius 3 is 2.82 bits per heavy atom. The molecule has 2 heterocycles. The van der Waals surface area contributed by atoms with Crippen LogP contribution in [0.25, 0.3) is 0 Å². The molecule has 0 aliphatic carbocycles. The van der Waals surface area contributed by atoms with Crippen molar-refractivity contribution in [2.24, 2.45) is 0 Å². The van der Waals surface area contributed by atoms with Gasteiger partial charge in [-0.3, -0.25) is 9.59 Å². The largest absolute Gasteiger partial charge is 0.328 e. The fourth-order valence-corrected chi connectivity index (χ4v) is 2.86. The predicted octanol–water partition coefficient (Wildman–Crippen LogP) is 1.78. The minimum absolute atomic E-state index is 0.127. The van der Waals surface area contributed by atoms with Crippen LogP contribution in [0.2, 0.25) is 0 Å². The van der Waals surface area contributed by atoms with Gasteiger partial charge in [-0.05, 0) is 24.5 Å². The van der Waals surface area contributed by atoms with Gasteiger partial charge in [0.2, 0.25) is 5.91 Å². The van der Waals surface area contributed by atoms with Crippen LogP contribution in [0.1, 0.15) is 35.6 Å². The molecule has 1 aromatic rings. The number of carbonyl (C=O) groups excluding carboxylic acids is 2. The molecule has 0 N–H and O–H groups in total. The van der Waals surface area contributed by atoms with Gasteiger partial charge in [-0.2, -0.15) is 0 Å². The smallest absolute Gasteiger partial charge is 0.223 e. The van der Waals surface area contributed by atoms with Gasteiger partial charge in [0.1, 0.15) is 6.04 Å². The Hall–Kier alpha value is -1.64. The van der Waals surface area contributed by atoms with Crippen molar-refractivity contribution in [1.29, 1.82) is 0 Å². The van der Waals surface area contributed by atoms with Crippen LogP contribution >= 0.6 is 0 Å². The first-order chi connectivity index (χ1) is 8.16. The second kappa shape index (κ2) is 3.69. The lowest BCUT2D eigenvalue weighted by molar-refractivity contribution is -0.145. The Kier molecular flexibility index (Phi) is 2.28. The van der Waals surface area contributed by atoms with E-state index in [1.54, 1.807) is 4.90 Å². The molecular weight excluding hydrogens is 214 g/mol. The van der Waals surface area contributed by atoms with Gasteiger partial charge in [0.25, 0.3) is 0 Å². The van der Waals surface area contributed by atoms with E-state index in [0.717, 1.165) is 17.5 Å². The summed E-state index contributed by atoms with van der Waals surface area (Å²) in [5.74, 6) is 0.318. The van der Waals surface area contributed by atoms with Gasteiger partial charge in [-0.15, -0.1) is 0 Å². The second-order valence-corrected chi connectivity index (χ2v) is 4.91. The third-order valence-electron chi connectivity index (χ3n) is 3.74. The molecule has 0 aromatic heterocycles. The van der Waals surface area contributed by atoms with Gasteiger partial charge in [-0.1, -0.05) is 23.8 Å². The van der Waals surface area contributed by atoms with E-state index in [-0.39, 0.29) is 17.7 Å². The Bertz CT molecular complexity index is 507. The third kappa shape index (κ3) is 1.57. The maximum absolute atomic E-state index is 12.1. The zero-order valence-corrected chi connectivity index (χ0v) is 9.90. The Balaban J connectivity index is 2.11. The number of aryl methyl sites for hydroxylation is 1. The molecule has 2 aliphatic heterocycles. The molecule has 17 heavy (non-hydrogen) atoms. The van der Waals surface area contributed by atoms with Crippen molar-refractivity contribution < 1.29 is 9.59 Å². The molecule has 1 aromatic carbocycles. The first-order valence-electron chi connectivity index (χ1n) is 6.08. The number of piperidine rings is 1. The molecule has 1 saturated heterocycles. The second-order valence-electron chi connectivity index (χ2n) is 4.91. The lowest BCUT2D eigenvalue weighted by atomic mass is 9.85. The maximum Gasteiger partial charge on any atom is 0.223 e. The summed E-state index contributed by atoms with van der Waals surface area (Å²) in [5.41, 5.74) is 3.42. The quantitative estimate of drug-likeness (QED) is 0.680. The van der Waals surface area contributed by atoms with Crippen molar-refractivity contribution in [2.45, 2.75) is 32.2 Å². The van der Waals surface area contributed by atoms with Crippen LogP contribution in [-0.4, -0.2) is 23.1 Å². The fraction of sp³-hybridized carbons (Fsp3) is 0.429. The summed E-state index contributed by atoms with van der Waals surface area (Å²) in [6, 6.07) is 5.92. The summed E-state index contributed by atoms with van der Waals surface area (Å²) < 4.78 is 0. The lowest BCUT2D eigenvalue weighted by Gasteiger charge is -2.39. The minimum atomic E-state index is -0.306. The lowest BCUT2D eigenvalue weighted by Crippen LogP contribution is -2.46. The number of hydrogen-bond acceptors (Lipinski definition) is 2. The van der Waals surface area contributed by atoms with Crippen LogP contribution in [0.4, 0.5) is 0 Å². The number of fused-ring (bicyclic) bond motifs is 3. The number of ketones is 1. The van der Waals surface area contributed by atoms with Crippen molar-refractivity contribution in [3.63, 3.8) is 0 Å². The molecule has 3 heteroatoms. The molecule has 3 nitrogen and oxygen atoms in total.